The Morgan fingerprint density at radius 1 is 1.11 bits per heavy atom. The van der Waals surface area contributed by atoms with E-state index in [0.717, 1.165) is 0 Å². The first-order valence-electron chi connectivity index (χ1n) is 6.09. The average molecular weight is 274 g/mol. The minimum absolute atomic E-state index is 0.0195. The van der Waals surface area contributed by atoms with Gasteiger partial charge in [0.05, 0.1) is 19.5 Å². The predicted octanol–water partition coefficient (Wildman–Crippen LogP) is -0.274. The van der Waals surface area contributed by atoms with Gasteiger partial charge in [-0.25, -0.2) is 0 Å². The summed E-state index contributed by atoms with van der Waals surface area (Å²) in [4.78, 5) is 33.4. The Hall–Kier alpha value is -1.63. The van der Waals surface area contributed by atoms with Crippen LogP contribution in [0.2, 0.25) is 0 Å². The number of carbonyl (C=O) groups excluding carboxylic acids is 3. The maximum Gasteiger partial charge on any atom is 0.319 e. The van der Waals surface area contributed by atoms with Crippen LogP contribution in [-0.4, -0.2) is 43.1 Å². The fourth-order valence-corrected chi connectivity index (χ4v) is 1.11. The molecule has 0 radical (unpaired) electrons. The zero-order valence-electron chi connectivity index (χ0n) is 11.7. The minimum atomic E-state index is -0.552. The number of amides is 1. The summed E-state index contributed by atoms with van der Waals surface area (Å²) < 4.78 is 9.72. The van der Waals surface area contributed by atoms with Crippen LogP contribution in [0.3, 0.4) is 0 Å². The van der Waals surface area contributed by atoms with Crippen molar-refractivity contribution in [2.45, 2.75) is 39.2 Å². The summed E-state index contributed by atoms with van der Waals surface area (Å²) in [6.07, 6.45) is 0.0610. The minimum Gasteiger partial charge on any atom is -0.463 e. The first kappa shape index (κ1) is 17.4. The molecule has 0 unspecified atom stereocenters. The monoisotopic (exact) mass is 274 g/mol. The molecule has 3 N–H and O–H groups in total. The summed E-state index contributed by atoms with van der Waals surface area (Å²) in [5.41, 5.74) is 4.48. The number of rotatable bonds is 7. The summed E-state index contributed by atoms with van der Waals surface area (Å²) in [7, 11) is 0. The molecule has 110 valence electrons. The highest BCUT2D eigenvalue weighted by molar-refractivity contribution is 5.81. The van der Waals surface area contributed by atoms with Gasteiger partial charge in [0.1, 0.15) is 12.2 Å². The molecular formula is C12H22N2O5. The number of esters is 2. The lowest BCUT2D eigenvalue weighted by Gasteiger charge is -2.19. The van der Waals surface area contributed by atoms with Crippen molar-refractivity contribution in [2.24, 2.45) is 5.73 Å². The summed E-state index contributed by atoms with van der Waals surface area (Å²) in [6.45, 7) is 5.35. The normalized spacial score (nSPS) is 10.7. The SMILES string of the molecule is CC(C)(C)OC(=O)CCC(=O)NCCOC(=O)CN. The predicted molar refractivity (Wildman–Crippen MR) is 68.1 cm³/mol. The molecule has 7 heteroatoms. The van der Waals surface area contributed by atoms with E-state index in [0.29, 0.717) is 0 Å². The van der Waals surface area contributed by atoms with Crippen LogP contribution in [-0.2, 0) is 23.9 Å². The molecule has 0 aromatic rings. The zero-order chi connectivity index (χ0) is 14.9. The Kier molecular flexibility index (Phi) is 7.74. The highest BCUT2D eigenvalue weighted by Gasteiger charge is 2.16. The van der Waals surface area contributed by atoms with Gasteiger partial charge in [0.25, 0.3) is 0 Å². The largest absolute Gasteiger partial charge is 0.463 e. The second-order valence-corrected chi connectivity index (χ2v) is 4.86. The number of carbonyl (C=O) groups is 3. The maximum atomic E-state index is 11.3. The molecule has 0 saturated heterocycles. The van der Waals surface area contributed by atoms with Crippen molar-refractivity contribution in [2.75, 3.05) is 19.7 Å². The Bertz CT molecular complexity index is 323. The number of hydrogen-bond donors (Lipinski definition) is 2. The van der Waals surface area contributed by atoms with Crippen LogP contribution in [0, 0.1) is 0 Å². The van der Waals surface area contributed by atoms with E-state index in [1.807, 2.05) is 0 Å². The highest BCUT2D eigenvalue weighted by atomic mass is 16.6. The highest BCUT2D eigenvalue weighted by Crippen LogP contribution is 2.08. The van der Waals surface area contributed by atoms with Gasteiger partial charge >= 0.3 is 11.9 Å². The molecular weight excluding hydrogens is 252 g/mol. The third kappa shape index (κ3) is 11.2. The molecule has 0 aliphatic carbocycles. The van der Waals surface area contributed by atoms with Gasteiger partial charge in [0.15, 0.2) is 0 Å². The molecule has 0 atom stereocenters. The molecule has 19 heavy (non-hydrogen) atoms. The Labute approximate surface area is 112 Å². The molecule has 0 spiro atoms. The fourth-order valence-electron chi connectivity index (χ4n) is 1.11. The number of nitrogens with two attached hydrogens (primary N) is 1. The fraction of sp³-hybridized carbons (Fsp3) is 0.750. The Morgan fingerprint density at radius 2 is 1.74 bits per heavy atom. The summed E-state index contributed by atoms with van der Waals surface area (Å²) in [5.74, 6) is -1.24. The smallest absolute Gasteiger partial charge is 0.319 e. The maximum absolute atomic E-state index is 11.3. The molecule has 1 amide bonds. The second kappa shape index (κ2) is 8.47. The van der Waals surface area contributed by atoms with E-state index in [2.05, 4.69) is 10.1 Å². The average Bonchev–Trinajstić information content (AvgIpc) is 2.29. The van der Waals surface area contributed by atoms with E-state index in [4.69, 9.17) is 10.5 Å². The van der Waals surface area contributed by atoms with Crippen LogP contribution in [0.4, 0.5) is 0 Å². The molecule has 0 rings (SSSR count). The Morgan fingerprint density at radius 3 is 2.26 bits per heavy atom. The van der Waals surface area contributed by atoms with E-state index < -0.39 is 17.5 Å². The first-order chi connectivity index (χ1) is 8.74. The van der Waals surface area contributed by atoms with Gasteiger partial charge in [-0.2, -0.15) is 0 Å². The molecule has 0 aromatic heterocycles. The van der Waals surface area contributed by atoms with Gasteiger partial charge in [-0.3, -0.25) is 14.4 Å². The third-order valence-corrected chi connectivity index (χ3v) is 1.83. The lowest BCUT2D eigenvalue weighted by atomic mass is 10.2. The van der Waals surface area contributed by atoms with Crippen molar-refractivity contribution < 1.29 is 23.9 Å². The van der Waals surface area contributed by atoms with Crippen molar-refractivity contribution in [3.05, 3.63) is 0 Å². The summed E-state index contributed by atoms with van der Waals surface area (Å²) >= 11 is 0. The molecule has 0 bridgehead atoms. The quantitative estimate of drug-likeness (QED) is 0.488. The van der Waals surface area contributed by atoms with Crippen molar-refractivity contribution in [1.82, 2.24) is 5.32 Å². The standard InChI is InChI=1S/C12H22N2O5/c1-12(2,3)19-10(16)5-4-9(15)14-6-7-18-11(17)8-13/h4-8,13H2,1-3H3,(H,14,15). The summed E-state index contributed by atoms with van der Waals surface area (Å²) in [5, 5.41) is 2.52. The van der Waals surface area contributed by atoms with Gasteiger partial charge in [-0.15, -0.1) is 0 Å². The first-order valence-corrected chi connectivity index (χ1v) is 6.09. The molecule has 0 aliphatic heterocycles. The molecule has 7 nitrogen and oxygen atoms in total. The van der Waals surface area contributed by atoms with E-state index in [-0.39, 0.29) is 38.4 Å². The van der Waals surface area contributed by atoms with Gasteiger partial charge in [0, 0.05) is 6.42 Å². The van der Waals surface area contributed by atoms with Crippen LogP contribution < -0.4 is 11.1 Å². The van der Waals surface area contributed by atoms with Crippen molar-refractivity contribution in [3.63, 3.8) is 0 Å². The molecule has 0 aromatic carbocycles. The van der Waals surface area contributed by atoms with E-state index >= 15 is 0 Å². The van der Waals surface area contributed by atoms with E-state index in [1.165, 1.54) is 0 Å². The van der Waals surface area contributed by atoms with Crippen LogP contribution in [0.25, 0.3) is 0 Å². The van der Waals surface area contributed by atoms with Crippen molar-refractivity contribution in [3.8, 4) is 0 Å². The third-order valence-electron chi connectivity index (χ3n) is 1.83. The van der Waals surface area contributed by atoms with Gasteiger partial charge in [-0.1, -0.05) is 0 Å². The molecule has 0 saturated carbocycles. The molecule has 0 heterocycles. The lowest BCUT2D eigenvalue weighted by molar-refractivity contribution is -0.155. The zero-order valence-corrected chi connectivity index (χ0v) is 11.7. The number of ether oxygens (including phenoxy) is 2. The molecule has 0 aliphatic rings. The van der Waals surface area contributed by atoms with E-state index in [9.17, 15) is 14.4 Å². The van der Waals surface area contributed by atoms with Crippen molar-refractivity contribution >= 4 is 17.8 Å². The molecule has 0 fully saturated rings. The lowest BCUT2D eigenvalue weighted by Crippen LogP contribution is -2.30. The van der Waals surface area contributed by atoms with Crippen LogP contribution in [0.1, 0.15) is 33.6 Å². The summed E-state index contributed by atoms with van der Waals surface area (Å²) in [6, 6.07) is 0. The van der Waals surface area contributed by atoms with Gasteiger partial charge < -0.3 is 20.5 Å². The van der Waals surface area contributed by atoms with Crippen molar-refractivity contribution in [1.29, 1.82) is 0 Å². The second-order valence-electron chi connectivity index (χ2n) is 4.86. The van der Waals surface area contributed by atoms with Crippen LogP contribution >= 0.6 is 0 Å². The van der Waals surface area contributed by atoms with E-state index in [1.54, 1.807) is 20.8 Å². The van der Waals surface area contributed by atoms with Crippen LogP contribution in [0.5, 0.6) is 0 Å². The number of nitrogens with one attached hydrogen (secondary N) is 1. The van der Waals surface area contributed by atoms with Gasteiger partial charge in [-0.05, 0) is 20.8 Å². The Balaban J connectivity index is 3.65. The van der Waals surface area contributed by atoms with Gasteiger partial charge in [0.2, 0.25) is 5.91 Å². The topological polar surface area (TPSA) is 108 Å². The number of hydrogen-bond acceptors (Lipinski definition) is 6. The van der Waals surface area contributed by atoms with Crippen LogP contribution in [0.15, 0.2) is 0 Å².